The lowest BCUT2D eigenvalue weighted by Gasteiger charge is -2.12. The molecule has 1 atom stereocenters. The highest BCUT2D eigenvalue weighted by molar-refractivity contribution is 5.43. The Hall–Kier alpha value is -2.08. The number of methoxy groups -OCH3 is 1. The van der Waals surface area contributed by atoms with Crippen molar-refractivity contribution in [3.05, 3.63) is 35.7 Å². The van der Waals surface area contributed by atoms with Crippen LogP contribution in [0.3, 0.4) is 0 Å². The monoisotopic (exact) mass is 262 g/mol. The fourth-order valence-corrected chi connectivity index (χ4v) is 1.70. The molecule has 0 aliphatic rings. The van der Waals surface area contributed by atoms with Gasteiger partial charge in [0.15, 0.2) is 11.5 Å². The van der Waals surface area contributed by atoms with Gasteiger partial charge in [0, 0.05) is 13.1 Å². The third-order valence-corrected chi connectivity index (χ3v) is 2.74. The lowest BCUT2D eigenvalue weighted by Crippen LogP contribution is -2.05. The molecular weight excluding hydrogens is 244 g/mol. The summed E-state index contributed by atoms with van der Waals surface area (Å²) in [6.45, 7) is 2.27. The molecule has 1 heterocycles. The van der Waals surface area contributed by atoms with Gasteiger partial charge in [0.25, 0.3) is 0 Å². The first-order chi connectivity index (χ1) is 9.10. The first kappa shape index (κ1) is 13.4. The van der Waals surface area contributed by atoms with Crippen LogP contribution in [0.2, 0.25) is 0 Å². The topological polar surface area (TPSA) is 75.2 Å². The zero-order valence-corrected chi connectivity index (χ0v) is 11.3. The Bertz CT molecular complexity index is 551. The lowest BCUT2D eigenvalue weighted by atomic mass is 10.1. The summed E-state index contributed by atoms with van der Waals surface area (Å²) in [5, 5.41) is 7.81. The van der Waals surface area contributed by atoms with Crippen molar-refractivity contribution in [2.24, 2.45) is 12.8 Å². The van der Waals surface area contributed by atoms with E-state index in [1.165, 1.54) is 0 Å². The van der Waals surface area contributed by atoms with Gasteiger partial charge in [0.05, 0.1) is 13.3 Å². The third kappa shape index (κ3) is 3.23. The Morgan fingerprint density at radius 2 is 2.16 bits per heavy atom. The van der Waals surface area contributed by atoms with Crippen LogP contribution in [-0.2, 0) is 13.7 Å². The number of nitrogens with two attached hydrogens (primary N) is 1. The van der Waals surface area contributed by atoms with Crippen LogP contribution in [-0.4, -0.2) is 22.1 Å². The summed E-state index contributed by atoms with van der Waals surface area (Å²) in [6, 6.07) is 5.63. The Morgan fingerprint density at radius 1 is 1.37 bits per heavy atom. The van der Waals surface area contributed by atoms with Gasteiger partial charge in [-0.2, -0.15) is 0 Å². The Morgan fingerprint density at radius 3 is 2.74 bits per heavy atom. The van der Waals surface area contributed by atoms with Gasteiger partial charge < -0.3 is 15.2 Å². The van der Waals surface area contributed by atoms with Crippen molar-refractivity contribution >= 4 is 0 Å². The molecule has 19 heavy (non-hydrogen) atoms. The maximum atomic E-state index is 5.84. The van der Waals surface area contributed by atoms with Crippen molar-refractivity contribution in [1.29, 1.82) is 0 Å². The van der Waals surface area contributed by atoms with Gasteiger partial charge in [0.1, 0.15) is 12.3 Å². The van der Waals surface area contributed by atoms with Crippen LogP contribution in [0.1, 0.15) is 24.2 Å². The van der Waals surface area contributed by atoms with Crippen LogP contribution in [0.4, 0.5) is 0 Å². The van der Waals surface area contributed by atoms with Crippen molar-refractivity contribution in [1.82, 2.24) is 15.0 Å². The van der Waals surface area contributed by atoms with Gasteiger partial charge in [-0.15, -0.1) is 5.10 Å². The number of hydrogen-bond acceptors (Lipinski definition) is 5. The number of aromatic nitrogens is 3. The summed E-state index contributed by atoms with van der Waals surface area (Å²) in [5.41, 5.74) is 7.61. The van der Waals surface area contributed by atoms with Crippen molar-refractivity contribution in [2.75, 3.05) is 7.11 Å². The maximum absolute atomic E-state index is 5.84. The molecule has 0 aliphatic carbocycles. The minimum atomic E-state index is -0.0389. The predicted octanol–water partition coefficient (Wildman–Crippen LogP) is 1.42. The van der Waals surface area contributed by atoms with E-state index in [0.29, 0.717) is 18.1 Å². The molecule has 0 amide bonds. The number of ether oxygens (including phenoxy) is 2. The second kappa shape index (κ2) is 5.71. The minimum absolute atomic E-state index is 0.0389. The van der Waals surface area contributed by atoms with Crippen LogP contribution in [0.5, 0.6) is 11.5 Å². The summed E-state index contributed by atoms with van der Waals surface area (Å²) in [7, 11) is 3.42. The van der Waals surface area contributed by atoms with Crippen LogP contribution < -0.4 is 15.2 Å². The Kier molecular flexibility index (Phi) is 4.01. The van der Waals surface area contributed by atoms with Gasteiger partial charge in [-0.1, -0.05) is 11.3 Å². The first-order valence-corrected chi connectivity index (χ1v) is 6.01. The lowest BCUT2D eigenvalue weighted by molar-refractivity contribution is 0.280. The SMILES string of the molecule is COc1cc([C@H](C)N)ccc1OCc1cn(C)nn1. The maximum Gasteiger partial charge on any atom is 0.161 e. The highest BCUT2D eigenvalue weighted by atomic mass is 16.5. The molecule has 0 aliphatic heterocycles. The number of aryl methyl sites for hydroxylation is 1. The van der Waals surface area contributed by atoms with Gasteiger partial charge >= 0.3 is 0 Å². The summed E-state index contributed by atoms with van der Waals surface area (Å²) in [5.74, 6) is 1.33. The second-order valence-electron chi connectivity index (χ2n) is 4.37. The molecular formula is C13H18N4O2. The predicted molar refractivity (Wildman–Crippen MR) is 70.9 cm³/mol. The highest BCUT2D eigenvalue weighted by Gasteiger charge is 2.09. The van der Waals surface area contributed by atoms with E-state index in [1.54, 1.807) is 11.8 Å². The molecule has 2 rings (SSSR count). The number of benzene rings is 1. The van der Waals surface area contributed by atoms with Crippen LogP contribution in [0, 0.1) is 0 Å². The summed E-state index contributed by atoms with van der Waals surface area (Å²) >= 11 is 0. The van der Waals surface area contributed by atoms with Crippen molar-refractivity contribution in [3.8, 4) is 11.5 Å². The third-order valence-electron chi connectivity index (χ3n) is 2.74. The highest BCUT2D eigenvalue weighted by Crippen LogP contribution is 2.30. The standard InChI is InChI=1S/C13H18N4O2/c1-9(14)10-4-5-12(13(6-10)18-3)19-8-11-7-17(2)16-15-11/h4-7,9H,8,14H2,1-3H3/t9-/m0/s1. The Balaban J connectivity index is 2.11. The molecule has 6 nitrogen and oxygen atoms in total. The van der Waals surface area contributed by atoms with E-state index in [-0.39, 0.29) is 6.04 Å². The van der Waals surface area contributed by atoms with Crippen molar-refractivity contribution in [3.63, 3.8) is 0 Å². The molecule has 0 saturated heterocycles. The fraction of sp³-hybridized carbons (Fsp3) is 0.385. The smallest absolute Gasteiger partial charge is 0.161 e. The van der Waals surface area contributed by atoms with E-state index in [4.69, 9.17) is 15.2 Å². The molecule has 0 radical (unpaired) electrons. The first-order valence-electron chi connectivity index (χ1n) is 6.01. The summed E-state index contributed by atoms with van der Waals surface area (Å²) in [4.78, 5) is 0. The normalized spacial score (nSPS) is 12.2. The molecule has 1 aromatic heterocycles. The molecule has 0 bridgehead atoms. The molecule has 0 saturated carbocycles. The number of hydrogen-bond donors (Lipinski definition) is 1. The zero-order valence-electron chi connectivity index (χ0n) is 11.3. The van der Waals surface area contributed by atoms with Crippen molar-refractivity contribution in [2.45, 2.75) is 19.6 Å². The van der Waals surface area contributed by atoms with E-state index < -0.39 is 0 Å². The largest absolute Gasteiger partial charge is 0.493 e. The van der Waals surface area contributed by atoms with Gasteiger partial charge in [-0.3, -0.25) is 4.68 Å². The molecule has 1 aromatic carbocycles. The van der Waals surface area contributed by atoms with E-state index in [9.17, 15) is 0 Å². The van der Waals surface area contributed by atoms with E-state index >= 15 is 0 Å². The second-order valence-corrected chi connectivity index (χ2v) is 4.37. The molecule has 0 unspecified atom stereocenters. The Labute approximate surface area is 112 Å². The summed E-state index contributed by atoms with van der Waals surface area (Å²) in [6.07, 6.45) is 1.81. The average molecular weight is 262 g/mol. The molecule has 0 spiro atoms. The average Bonchev–Trinajstić information content (AvgIpc) is 2.81. The van der Waals surface area contributed by atoms with Crippen LogP contribution in [0.25, 0.3) is 0 Å². The van der Waals surface area contributed by atoms with E-state index in [2.05, 4.69) is 10.3 Å². The molecule has 2 aromatic rings. The minimum Gasteiger partial charge on any atom is -0.493 e. The van der Waals surface area contributed by atoms with Gasteiger partial charge in [0.2, 0.25) is 0 Å². The van der Waals surface area contributed by atoms with Crippen LogP contribution >= 0.6 is 0 Å². The van der Waals surface area contributed by atoms with E-state index in [0.717, 1.165) is 11.3 Å². The number of rotatable bonds is 5. The van der Waals surface area contributed by atoms with Gasteiger partial charge in [-0.25, -0.2) is 0 Å². The van der Waals surface area contributed by atoms with E-state index in [1.807, 2.05) is 38.4 Å². The summed E-state index contributed by atoms with van der Waals surface area (Å²) < 4.78 is 12.6. The molecule has 0 fully saturated rings. The fourth-order valence-electron chi connectivity index (χ4n) is 1.70. The quantitative estimate of drug-likeness (QED) is 0.882. The molecule has 6 heteroatoms. The van der Waals surface area contributed by atoms with Crippen LogP contribution in [0.15, 0.2) is 24.4 Å². The molecule has 2 N–H and O–H groups in total. The number of nitrogens with zero attached hydrogens (tertiary/aromatic N) is 3. The zero-order chi connectivity index (χ0) is 13.8. The van der Waals surface area contributed by atoms with Crippen molar-refractivity contribution < 1.29 is 9.47 Å². The van der Waals surface area contributed by atoms with Gasteiger partial charge in [-0.05, 0) is 24.6 Å². The molecule has 102 valence electrons.